The summed E-state index contributed by atoms with van der Waals surface area (Å²) in [6, 6.07) is 0. The van der Waals surface area contributed by atoms with Crippen LogP contribution in [0.3, 0.4) is 0 Å². The summed E-state index contributed by atoms with van der Waals surface area (Å²) >= 11 is 0. The lowest BCUT2D eigenvalue weighted by Gasteiger charge is -2.11. The van der Waals surface area contributed by atoms with Crippen molar-refractivity contribution in [2.24, 2.45) is 0 Å². The van der Waals surface area contributed by atoms with Crippen molar-refractivity contribution in [1.29, 1.82) is 0 Å². The first-order chi connectivity index (χ1) is 11.9. The molecule has 1 aliphatic heterocycles. The van der Waals surface area contributed by atoms with Gasteiger partial charge in [0.25, 0.3) is 0 Å². The van der Waals surface area contributed by atoms with Crippen molar-refractivity contribution in [3.63, 3.8) is 0 Å². The van der Waals surface area contributed by atoms with Gasteiger partial charge in [0.05, 0.1) is 13.2 Å². The molecule has 144 valence electrons. The van der Waals surface area contributed by atoms with Crippen molar-refractivity contribution in [3.8, 4) is 0 Å². The van der Waals surface area contributed by atoms with Gasteiger partial charge in [-0.2, -0.15) is 0 Å². The van der Waals surface area contributed by atoms with Crippen molar-refractivity contribution in [1.82, 2.24) is 0 Å². The van der Waals surface area contributed by atoms with E-state index in [2.05, 4.69) is 6.92 Å². The molecule has 4 heteroatoms. The number of ether oxygens (including phenoxy) is 3. The third-order valence-electron chi connectivity index (χ3n) is 4.75. The highest BCUT2D eigenvalue weighted by Crippen LogP contribution is 2.19. The predicted octanol–water partition coefficient (Wildman–Crippen LogP) is 5.18. The minimum absolute atomic E-state index is 0.0101. The summed E-state index contributed by atoms with van der Waals surface area (Å²) in [4.78, 5) is 0. The lowest BCUT2D eigenvalue weighted by molar-refractivity contribution is -0.0898. The van der Waals surface area contributed by atoms with Crippen molar-refractivity contribution in [2.45, 2.75) is 109 Å². The van der Waals surface area contributed by atoms with Gasteiger partial charge in [0.2, 0.25) is 0 Å². The van der Waals surface area contributed by atoms with Crippen LogP contribution in [-0.2, 0) is 14.2 Å². The lowest BCUT2D eigenvalue weighted by Crippen LogP contribution is -2.19. The molecule has 1 aliphatic rings. The van der Waals surface area contributed by atoms with Gasteiger partial charge in [-0.05, 0) is 12.8 Å². The van der Waals surface area contributed by atoms with E-state index < -0.39 is 0 Å². The van der Waals surface area contributed by atoms with Gasteiger partial charge in [-0.15, -0.1) is 0 Å². The van der Waals surface area contributed by atoms with E-state index in [1.807, 2.05) is 0 Å². The van der Waals surface area contributed by atoms with Crippen LogP contribution in [0.4, 0.5) is 0 Å². The van der Waals surface area contributed by atoms with E-state index in [-0.39, 0.29) is 19.2 Å². The second kappa shape index (κ2) is 16.3. The van der Waals surface area contributed by atoms with Gasteiger partial charge in [-0.25, -0.2) is 0 Å². The first-order valence-electron chi connectivity index (χ1n) is 10.3. The zero-order valence-electron chi connectivity index (χ0n) is 15.8. The standard InChI is InChI=1S/C20H40O4/c1-2-3-4-5-6-7-8-9-10-11-12-13-14-15-20-23-17-19(24-20)16-22-18-21/h19-21H,2-18H2,1H3. The minimum atomic E-state index is -0.247. The molecule has 1 fully saturated rings. The number of aliphatic hydroxyl groups excluding tert-OH is 1. The third kappa shape index (κ3) is 12.2. The Balaban J connectivity index is 1.75. The molecule has 1 N–H and O–H groups in total. The highest BCUT2D eigenvalue weighted by molar-refractivity contribution is 4.64. The van der Waals surface area contributed by atoms with Gasteiger partial charge in [-0.1, -0.05) is 84.0 Å². The Bertz CT molecular complexity index is 260. The zero-order chi connectivity index (χ0) is 17.3. The average molecular weight is 345 g/mol. The first-order valence-corrected chi connectivity index (χ1v) is 10.3. The third-order valence-corrected chi connectivity index (χ3v) is 4.75. The molecule has 0 aliphatic carbocycles. The van der Waals surface area contributed by atoms with E-state index in [9.17, 15) is 0 Å². The van der Waals surface area contributed by atoms with Crippen molar-refractivity contribution in [2.75, 3.05) is 20.0 Å². The van der Waals surface area contributed by atoms with Crippen LogP contribution in [0.5, 0.6) is 0 Å². The molecular formula is C20H40O4. The van der Waals surface area contributed by atoms with E-state index in [1.54, 1.807) is 0 Å². The molecule has 1 heterocycles. The fourth-order valence-corrected chi connectivity index (χ4v) is 3.26. The number of aliphatic hydroxyl groups is 1. The Kier molecular flexibility index (Phi) is 14.9. The molecule has 1 saturated heterocycles. The fraction of sp³-hybridized carbons (Fsp3) is 1.00. The van der Waals surface area contributed by atoms with Crippen LogP contribution >= 0.6 is 0 Å². The summed E-state index contributed by atoms with van der Waals surface area (Å²) in [5.74, 6) is 0. The fourth-order valence-electron chi connectivity index (χ4n) is 3.26. The average Bonchev–Trinajstić information content (AvgIpc) is 3.05. The number of hydrogen-bond acceptors (Lipinski definition) is 4. The van der Waals surface area contributed by atoms with Gasteiger partial charge < -0.3 is 19.3 Å². The summed E-state index contributed by atoms with van der Waals surface area (Å²) in [7, 11) is 0. The molecule has 4 nitrogen and oxygen atoms in total. The van der Waals surface area contributed by atoms with Crippen LogP contribution in [-0.4, -0.2) is 37.5 Å². The summed E-state index contributed by atoms with van der Waals surface area (Å²) < 4.78 is 16.2. The summed E-state index contributed by atoms with van der Waals surface area (Å²) in [5, 5.41) is 8.61. The largest absolute Gasteiger partial charge is 0.371 e. The topological polar surface area (TPSA) is 47.9 Å². The molecule has 0 spiro atoms. The lowest BCUT2D eigenvalue weighted by atomic mass is 10.0. The van der Waals surface area contributed by atoms with Crippen LogP contribution in [0.2, 0.25) is 0 Å². The highest BCUT2D eigenvalue weighted by Gasteiger charge is 2.25. The zero-order valence-corrected chi connectivity index (χ0v) is 15.8. The van der Waals surface area contributed by atoms with Gasteiger partial charge in [-0.3, -0.25) is 0 Å². The molecular weight excluding hydrogens is 304 g/mol. The van der Waals surface area contributed by atoms with Crippen LogP contribution in [0, 0.1) is 0 Å². The van der Waals surface area contributed by atoms with Gasteiger partial charge in [0.1, 0.15) is 12.9 Å². The van der Waals surface area contributed by atoms with Gasteiger partial charge >= 0.3 is 0 Å². The molecule has 0 radical (unpaired) electrons. The molecule has 0 saturated carbocycles. The second-order valence-electron chi connectivity index (χ2n) is 7.05. The van der Waals surface area contributed by atoms with Crippen molar-refractivity contribution >= 4 is 0 Å². The molecule has 2 unspecified atom stereocenters. The highest BCUT2D eigenvalue weighted by atomic mass is 16.7. The number of hydrogen-bond donors (Lipinski definition) is 1. The molecule has 2 atom stereocenters. The van der Waals surface area contributed by atoms with E-state index >= 15 is 0 Å². The molecule has 24 heavy (non-hydrogen) atoms. The number of rotatable bonds is 17. The smallest absolute Gasteiger partial charge is 0.158 e. The second-order valence-corrected chi connectivity index (χ2v) is 7.05. The van der Waals surface area contributed by atoms with Crippen LogP contribution < -0.4 is 0 Å². The Labute approximate surface area is 149 Å². The Morgan fingerprint density at radius 1 is 0.833 bits per heavy atom. The molecule has 0 aromatic carbocycles. The van der Waals surface area contributed by atoms with E-state index in [0.29, 0.717) is 13.2 Å². The quantitative estimate of drug-likeness (QED) is 0.292. The van der Waals surface area contributed by atoms with Crippen LogP contribution in [0.25, 0.3) is 0 Å². The normalized spacial score (nSPS) is 20.8. The molecule has 0 aromatic heterocycles. The van der Waals surface area contributed by atoms with Crippen molar-refractivity contribution < 1.29 is 19.3 Å². The van der Waals surface area contributed by atoms with E-state index in [4.69, 9.17) is 19.3 Å². The predicted molar refractivity (Wildman–Crippen MR) is 98.0 cm³/mol. The van der Waals surface area contributed by atoms with Crippen molar-refractivity contribution in [3.05, 3.63) is 0 Å². The summed E-state index contributed by atoms with van der Waals surface area (Å²) in [5.41, 5.74) is 0. The van der Waals surface area contributed by atoms with E-state index in [1.165, 1.54) is 83.5 Å². The maximum Gasteiger partial charge on any atom is 0.158 e. The summed E-state index contributed by atoms with van der Waals surface area (Å²) in [6.45, 7) is 3.04. The Hall–Kier alpha value is -0.160. The molecule has 0 aromatic rings. The maximum atomic E-state index is 8.61. The summed E-state index contributed by atoms with van der Waals surface area (Å²) in [6.07, 6.45) is 18.8. The Morgan fingerprint density at radius 2 is 1.38 bits per heavy atom. The maximum absolute atomic E-state index is 8.61. The SMILES string of the molecule is CCCCCCCCCCCCCCCC1OCC(COCO)O1. The minimum Gasteiger partial charge on any atom is -0.371 e. The van der Waals surface area contributed by atoms with Crippen LogP contribution in [0.15, 0.2) is 0 Å². The van der Waals surface area contributed by atoms with E-state index in [0.717, 1.165) is 6.42 Å². The molecule has 1 rings (SSSR count). The monoisotopic (exact) mass is 344 g/mol. The molecule has 0 amide bonds. The van der Waals surface area contributed by atoms with Gasteiger partial charge in [0, 0.05) is 0 Å². The number of unbranched alkanes of at least 4 members (excludes halogenated alkanes) is 12. The van der Waals surface area contributed by atoms with Crippen LogP contribution in [0.1, 0.15) is 96.8 Å². The Morgan fingerprint density at radius 3 is 1.92 bits per heavy atom. The molecule has 0 bridgehead atoms. The first kappa shape index (κ1) is 21.9. The van der Waals surface area contributed by atoms with Gasteiger partial charge in [0.15, 0.2) is 6.29 Å².